The third-order valence-electron chi connectivity index (χ3n) is 5.18. The molecule has 6 nitrogen and oxygen atoms in total. The maximum absolute atomic E-state index is 13.2. The van der Waals surface area contributed by atoms with Crippen molar-refractivity contribution in [2.75, 3.05) is 33.6 Å². The number of piperidine rings is 1. The fourth-order valence-corrected chi connectivity index (χ4v) is 5.27. The number of nitrogens with zero attached hydrogens (tertiary/aromatic N) is 2. The summed E-state index contributed by atoms with van der Waals surface area (Å²) in [5.41, 5.74) is -0.931. The summed E-state index contributed by atoms with van der Waals surface area (Å²) >= 11 is 0. The Kier molecular flexibility index (Phi) is 4.14. The molecule has 1 aliphatic heterocycles. The molecule has 0 aliphatic carbocycles. The van der Waals surface area contributed by atoms with Crippen LogP contribution in [0.25, 0.3) is 0 Å². The molecule has 2 aromatic rings. The standard InChI is InChI=1S/C21H28N2O4S/c1-22(2)14-19-15-23(28(26,27)16-17-7-4-3-5-8-17)12-11-21(19,25)18-9-6-10-20(24)13-18/h3-10,13,19,24-25H,11-12,14-16H2,1-2H3/t19-,21-/m1/s1/i1D3,2D3. The van der Waals surface area contributed by atoms with Crippen LogP contribution in [0.15, 0.2) is 54.6 Å². The molecule has 1 fully saturated rings. The molecular formula is C21H28N2O4S. The molecule has 1 heterocycles. The molecule has 0 amide bonds. The van der Waals surface area contributed by atoms with Gasteiger partial charge in [-0.05, 0) is 43.6 Å². The highest BCUT2D eigenvalue weighted by Gasteiger charge is 2.45. The number of hydrogen-bond donors (Lipinski definition) is 2. The van der Waals surface area contributed by atoms with Gasteiger partial charge in [0.05, 0.1) is 11.4 Å². The summed E-state index contributed by atoms with van der Waals surface area (Å²) in [5.74, 6) is -1.52. The highest BCUT2D eigenvalue weighted by atomic mass is 32.2. The monoisotopic (exact) mass is 410 g/mol. The second-order valence-corrected chi connectivity index (χ2v) is 9.10. The van der Waals surface area contributed by atoms with E-state index in [1.165, 1.54) is 28.6 Å². The maximum atomic E-state index is 13.2. The van der Waals surface area contributed by atoms with E-state index in [4.69, 9.17) is 8.22 Å². The van der Waals surface area contributed by atoms with Crippen LogP contribution in [0.4, 0.5) is 0 Å². The van der Waals surface area contributed by atoms with Crippen molar-refractivity contribution >= 4 is 10.0 Å². The van der Waals surface area contributed by atoms with Crippen LogP contribution >= 0.6 is 0 Å². The van der Waals surface area contributed by atoms with Gasteiger partial charge in [0.15, 0.2) is 0 Å². The van der Waals surface area contributed by atoms with Crippen molar-refractivity contribution in [3.8, 4) is 5.75 Å². The van der Waals surface area contributed by atoms with Crippen molar-refractivity contribution in [1.29, 1.82) is 0 Å². The predicted octanol–water partition coefficient (Wildman–Crippen LogP) is 1.99. The van der Waals surface area contributed by atoms with Crippen molar-refractivity contribution in [2.45, 2.75) is 17.8 Å². The Bertz CT molecular complexity index is 1080. The van der Waals surface area contributed by atoms with E-state index in [0.717, 1.165) is 0 Å². The van der Waals surface area contributed by atoms with Crippen LogP contribution < -0.4 is 0 Å². The average molecular weight is 411 g/mol. The van der Waals surface area contributed by atoms with E-state index in [2.05, 4.69) is 0 Å². The van der Waals surface area contributed by atoms with Crippen molar-refractivity contribution in [3.63, 3.8) is 0 Å². The number of benzene rings is 2. The fraction of sp³-hybridized carbons (Fsp3) is 0.429. The molecule has 0 unspecified atom stereocenters. The van der Waals surface area contributed by atoms with Crippen LogP contribution in [0.1, 0.15) is 25.8 Å². The summed E-state index contributed by atoms with van der Waals surface area (Å²) in [7, 11) is -3.84. The van der Waals surface area contributed by atoms with E-state index in [1.807, 2.05) is 0 Å². The van der Waals surface area contributed by atoms with Gasteiger partial charge in [-0.25, -0.2) is 12.7 Å². The maximum Gasteiger partial charge on any atom is 0.218 e. The summed E-state index contributed by atoms with van der Waals surface area (Å²) in [6.07, 6.45) is -0.106. The molecule has 0 saturated carbocycles. The van der Waals surface area contributed by atoms with Crippen molar-refractivity contribution in [1.82, 2.24) is 9.21 Å². The third-order valence-corrected chi connectivity index (χ3v) is 6.99. The highest BCUT2D eigenvalue weighted by Crippen LogP contribution is 2.39. The topological polar surface area (TPSA) is 81.1 Å². The molecule has 28 heavy (non-hydrogen) atoms. The van der Waals surface area contributed by atoms with Gasteiger partial charge >= 0.3 is 0 Å². The minimum absolute atomic E-state index is 0.0562. The summed E-state index contributed by atoms with van der Waals surface area (Å²) in [6.45, 7) is -6.97. The van der Waals surface area contributed by atoms with E-state index in [9.17, 15) is 18.6 Å². The van der Waals surface area contributed by atoms with Gasteiger partial charge in [-0.1, -0.05) is 42.5 Å². The molecule has 0 aromatic heterocycles. The SMILES string of the molecule is [2H]C([2H])([2H])N(C[C@@H]1CN(S(=O)(=O)Cc2ccccc2)CC[C@@]1(O)c1cccc(O)c1)C([2H])([2H])[2H]. The summed E-state index contributed by atoms with van der Waals surface area (Å²) in [6, 6.07) is 14.3. The Morgan fingerprint density at radius 2 is 1.96 bits per heavy atom. The molecule has 2 atom stereocenters. The first-order chi connectivity index (χ1) is 15.6. The van der Waals surface area contributed by atoms with Crippen LogP contribution in [0.5, 0.6) is 5.75 Å². The quantitative estimate of drug-likeness (QED) is 0.761. The van der Waals surface area contributed by atoms with Crippen LogP contribution in [-0.4, -0.2) is 61.4 Å². The largest absolute Gasteiger partial charge is 0.508 e. The molecule has 7 heteroatoms. The minimum Gasteiger partial charge on any atom is -0.508 e. The lowest BCUT2D eigenvalue weighted by atomic mass is 9.76. The Labute approximate surface area is 175 Å². The zero-order valence-corrected chi connectivity index (χ0v) is 16.1. The number of phenolic OH excluding ortho intramolecular Hbond substituents is 1. The molecule has 152 valence electrons. The predicted molar refractivity (Wildman–Crippen MR) is 109 cm³/mol. The van der Waals surface area contributed by atoms with Gasteiger partial charge in [-0.15, -0.1) is 0 Å². The zero-order chi connectivity index (χ0) is 25.4. The summed E-state index contributed by atoms with van der Waals surface area (Å²) in [5, 5.41) is 21.6. The van der Waals surface area contributed by atoms with Crippen LogP contribution in [0.2, 0.25) is 0 Å². The lowest BCUT2D eigenvalue weighted by Crippen LogP contribution is -2.54. The number of aliphatic hydroxyl groups is 1. The number of aromatic hydroxyl groups is 1. The van der Waals surface area contributed by atoms with Gasteiger partial charge < -0.3 is 15.1 Å². The van der Waals surface area contributed by atoms with E-state index < -0.39 is 42.0 Å². The number of phenols is 1. The van der Waals surface area contributed by atoms with Crippen LogP contribution in [0, 0.1) is 5.92 Å². The first-order valence-electron chi connectivity index (χ1n) is 11.9. The summed E-state index contributed by atoms with van der Waals surface area (Å²) in [4.78, 5) is 0.325. The van der Waals surface area contributed by atoms with Crippen molar-refractivity contribution in [3.05, 3.63) is 65.7 Å². The van der Waals surface area contributed by atoms with E-state index >= 15 is 0 Å². The molecular weight excluding hydrogens is 376 g/mol. The average Bonchev–Trinajstić information content (AvgIpc) is 2.71. The smallest absolute Gasteiger partial charge is 0.218 e. The van der Waals surface area contributed by atoms with Crippen LogP contribution in [0.3, 0.4) is 0 Å². The number of hydrogen-bond acceptors (Lipinski definition) is 5. The van der Waals surface area contributed by atoms with Gasteiger partial charge in [0.25, 0.3) is 0 Å². The van der Waals surface area contributed by atoms with Crippen molar-refractivity contribution in [2.24, 2.45) is 5.92 Å². The van der Waals surface area contributed by atoms with Gasteiger partial charge in [-0.3, -0.25) is 0 Å². The van der Waals surface area contributed by atoms with E-state index in [1.54, 1.807) is 30.3 Å². The molecule has 2 aromatic carbocycles. The van der Waals surface area contributed by atoms with E-state index in [0.29, 0.717) is 10.5 Å². The lowest BCUT2D eigenvalue weighted by Gasteiger charge is -2.45. The molecule has 1 aliphatic rings. The molecule has 1 saturated heterocycles. The first kappa shape index (κ1) is 14.1. The molecule has 0 bridgehead atoms. The first-order valence-corrected chi connectivity index (χ1v) is 10.6. The van der Waals surface area contributed by atoms with E-state index in [-0.39, 0.29) is 36.6 Å². The van der Waals surface area contributed by atoms with Crippen molar-refractivity contribution < 1.29 is 26.9 Å². The lowest BCUT2D eigenvalue weighted by molar-refractivity contribution is -0.0699. The number of sulfonamides is 1. The zero-order valence-electron chi connectivity index (χ0n) is 21.3. The molecule has 0 radical (unpaired) electrons. The van der Waals surface area contributed by atoms with Gasteiger partial charge in [0.1, 0.15) is 5.75 Å². The van der Waals surface area contributed by atoms with Crippen LogP contribution in [-0.2, 0) is 21.4 Å². The molecule has 0 spiro atoms. The Balaban J connectivity index is 1.98. The van der Waals surface area contributed by atoms with Gasteiger partial charge in [0, 0.05) is 33.8 Å². The van der Waals surface area contributed by atoms with Gasteiger partial charge in [-0.2, -0.15) is 0 Å². The molecule has 3 rings (SSSR count). The Morgan fingerprint density at radius 1 is 1.21 bits per heavy atom. The fourth-order valence-electron chi connectivity index (χ4n) is 3.70. The second-order valence-electron chi connectivity index (χ2n) is 7.13. The molecule has 2 N–H and O–H groups in total. The highest BCUT2D eigenvalue weighted by molar-refractivity contribution is 7.88. The normalized spacial score (nSPS) is 27.9. The third kappa shape index (κ3) is 4.55. The minimum atomic E-state index is -3.84. The second kappa shape index (κ2) is 8.21. The Morgan fingerprint density at radius 3 is 2.64 bits per heavy atom. The Hall–Kier alpha value is -1.93. The number of rotatable bonds is 6. The summed E-state index contributed by atoms with van der Waals surface area (Å²) < 4.78 is 73.7. The van der Waals surface area contributed by atoms with Gasteiger partial charge in [0.2, 0.25) is 10.0 Å².